The molecule has 0 aromatic heterocycles. The minimum absolute atomic E-state index is 0.0461. The monoisotopic (exact) mass is 227 g/mol. The summed E-state index contributed by atoms with van der Waals surface area (Å²) in [5, 5.41) is 9.36. The highest BCUT2D eigenvalue weighted by atomic mass is 16.5. The smallest absolute Gasteiger partial charge is 0.0579 e. The third-order valence-electron chi connectivity index (χ3n) is 4.15. The SMILES string of the molecule is CN(CCC1CCCC1)CC1(CO)COC1. The molecule has 1 saturated heterocycles. The van der Waals surface area contributed by atoms with Crippen molar-refractivity contribution < 1.29 is 9.84 Å². The molecule has 2 fully saturated rings. The summed E-state index contributed by atoms with van der Waals surface area (Å²) in [6.45, 7) is 3.89. The predicted molar refractivity (Wildman–Crippen MR) is 64.4 cm³/mol. The van der Waals surface area contributed by atoms with Gasteiger partial charge in [-0.3, -0.25) is 0 Å². The van der Waals surface area contributed by atoms with Crippen molar-refractivity contribution in [1.29, 1.82) is 0 Å². The second-order valence-corrected chi connectivity index (χ2v) is 5.83. The van der Waals surface area contributed by atoms with Crippen LogP contribution < -0.4 is 0 Å². The molecule has 2 rings (SSSR count). The van der Waals surface area contributed by atoms with Crippen molar-refractivity contribution >= 4 is 0 Å². The van der Waals surface area contributed by atoms with E-state index in [1.807, 2.05) is 0 Å². The molecule has 3 nitrogen and oxygen atoms in total. The Kier molecular flexibility index (Phi) is 4.22. The fourth-order valence-electron chi connectivity index (χ4n) is 2.98. The van der Waals surface area contributed by atoms with Crippen LogP contribution in [0, 0.1) is 11.3 Å². The van der Waals surface area contributed by atoms with E-state index in [-0.39, 0.29) is 12.0 Å². The largest absolute Gasteiger partial charge is 0.396 e. The van der Waals surface area contributed by atoms with E-state index in [1.165, 1.54) is 38.6 Å². The molecule has 3 heteroatoms. The molecule has 0 atom stereocenters. The Hall–Kier alpha value is -0.120. The Morgan fingerprint density at radius 3 is 2.50 bits per heavy atom. The normalized spacial score (nSPS) is 24.9. The van der Waals surface area contributed by atoms with Crippen LogP contribution in [0.5, 0.6) is 0 Å². The van der Waals surface area contributed by atoms with Crippen LogP contribution in [0.2, 0.25) is 0 Å². The first kappa shape index (κ1) is 12.3. The van der Waals surface area contributed by atoms with Gasteiger partial charge in [-0.15, -0.1) is 0 Å². The Balaban J connectivity index is 1.65. The Bertz CT molecular complexity index is 204. The lowest BCUT2D eigenvalue weighted by molar-refractivity contribution is -0.146. The van der Waals surface area contributed by atoms with E-state index in [9.17, 15) is 5.11 Å². The molecule has 0 bridgehead atoms. The van der Waals surface area contributed by atoms with Gasteiger partial charge >= 0.3 is 0 Å². The average molecular weight is 227 g/mol. The molecule has 0 amide bonds. The molecule has 0 spiro atoms. The summed E-state index contributed by atoms with van der Waals surface area (Å²) in [5.41, 5.74) is 0.0461. The van der Waals surface area contributed by atoms with Crippen molar-refractivity contribution in [3.63, 3.8) is 0 Å². The summed E-state index contributed by atoms with van der Waals surface area (Å²) in [7, 11) is 2.17. The molecule has 1 saturated carbocycles. The number of hydrogen-bond donors (Lipinski definition) is 1. The fourth-order valence-corrected chi connectivity index (χ4v) is 2.98. The summed E-state index contributed by atoms with van der Waals surface area (Å²) >= 11 is 0. The van der Waals surface area contributed by atoms with Crippen LogP contribution in [0.4, 0.5) is 0 Å². The molecule has 1 heterocycles. The minimum atomic E-state index is 0.0461. The maximum absolute atomic E-state index is 9.36. The van der Waals surface area contributed by atoms with E-state index in [2.05, 4.69) is 11.9 Å². The molecule has 2 aliphatic rings. The number of hydrogen-bond acceptors (Lipinski definition) is 3. The first-order chi connectivity index (χ1) is 7.74. The van der Waals surface area contributed by atoms with Gasteiger partial charge in [0.15, 0.2) is 0 Å². The Morgan fingerprint density at radius 1 is 1.31 bits per heavy atom. The summed E-state index contributed by atoms with van der Waals surface area (Å²) in [4.78, 5) is 2.37. The van der Waals surface area contributed by atoms with Gasteiger partial charge in [-0.25, -0.2) is 0 Å². The Morgan fingerprint density at radius 2 is 2.00 bits per heavy atom. The molecule has 1 aliphatic heterocycles. The zero-order valence-electron chi connectivity index (χ0n) is 10.5. The van der Waals surface area contributed by atoms with Gasteiger partial charge in [0.1, 0.15) is 0 Å². The summed E-state index contributed by atoms with van der Waals surface area (Å²) in [6.07, 6.45) is 7.06. The topological polar surface area (TPSA) is 32.7 Å². The number of ether oxygens (including phenoxy) is 1. The van der Waals surface area contributed by atoms with Crippen LogP contribution in [0.1, 0.15) is 32.1 Å². The molecular formula is C13H25NO2. The second-order valence-electron chi connectivity index (χ2n) is 5.83. The molecule has 1 aliphatic carbocycles. The van der Waals surface area contributed by atoms with Crippen LogP contribution in [-0.2, 0) is 4.74 Å². The summed E-state index contributed by atoms with van der Waals surface area (Å²) in [6, 6.07) is 0. The first-order valence-corrected chi connectivity index (χ1v) is 6.61. The molecule has 1 N–H and O–H groups in total. The van der Waals surface area contributed by atoms with Gasteiger partial charge < -0.3 is 14.7 Å². The number of aliphatic hydroxyl groups excluding tert-OH is 1. The third kappa shape index (κ3) is 2.96. The van der Waals surface area contributed by atoms with E-state index in [1.54, 1.807) is 0 Å². The van der Waals surface area contributed by atoms with Crippen molar-refractivity contribution in [2.45, 2.75) is 32.1 Å². The standard InChI is InChI=1S/C13H25NO2/c1-14(7-6-12-4-2-3-5-12)8-13(9-15)10-16-11-13/h12,15H,2-11H2,1H3. The average Bonchev–Trinajstić information content (AvgIpc) is 2.73. The van der Waals surface area contributed by atoms with Gasteiger partial charge in [0.25, 0.3) is 0 Å². The Labute approximate surface area is 98.8 Å². The number of rotatable bonds is 6. The van der Waals surface area contributed by atoms with E-state index in [0.717, 1.165) is 25.7 Å². The van der Waals surface area contributed by atoms with Gasteiger partial charge in [-0.05, 0) is 25.9 Å². The molecule has 0 aromatic carbocycles. The molecular weight excluding hydrogens is 202 g/mol. The number of aliphatic hydroxyl groups is 1. The lowest BCUT2D eigenvalue weighted by Crippen LogP contribution is -2.52. The summed E-state index contributed by atoms with van der Waals surface area (Å²) < 4.78 is 5.22. The van der Waals surface area contributed by atoms with Gasteiger partial charge in [0, 0.05) is 6.54 Å². The number of nitrogens with zero attached hydrogens (tertiary/aromatic N) is 1. The third-order valence-corrected chi connectivity index (χ3v) is 4.15. The lowest BCUT2D eigenvalue weighted by Gasteiger charge is -2.42. The van der Waals surface area contributed by atoms with Crippen molar-refractivity contribution in [2.24, 2.45) is 11.3 Å². The van der Waals surface area contributed by atoms with Crippen LogP contribution in [0.3, 0.4) is 0 Å². The predicted octanol–water partition coefficient (Wildman–Crippen LogP) is 1.51. The molecule has 0 radical (unpaired) electrons. The maximum Gasteiger partial charge on any atom is 0.0579 e. The van der Waals surface area contributed by atoms with Crippen LogP contribution in [-0.4, -0.2) is 50.0 Å². The maximum atomic E-state index is 9.36. The van der Waals surface area contributed by atoms with Gasteiger partial charge in [0.2, 0.25) is 0 Å². The highest BCUT2D eigenvalue weighted by Crippen LogP contribution is 2.30. The van der Waals surface area contributed by atoms with Crippen molar-refractivity contribution in [3.05, 3.63) is 0 Å². The summed E-state index contributed by atoms with van der Waals surface area (Å²) in [5.74, 6) is 0.963. The van der Waals surface area contributed by atoms with Gasteiger partial charge in [-0.1, -0.05) is 25.7 Å². The molecule has 16 heavy (non-hydrogen) atoms. The minimum Gasteiger partial charge on any atom is -0.396 e. The molecule has 94 valence electrons. The van der Waals surface area contributed by atoms with Crippen LogP contribution in [0.15, 0.2) is 0 Å². The van der Waals surface area contributed by atoms with E-state index >= 15 is 0 Å². The van der Waals surface area contributed by atoms with Gasteiger partial charge in [-0.2, -0.15) is 0 Å². The van der Waals surface area contributed by atoms with Crippen molar-refractivity contribution in [3.8, 4) is 0 Å². The highest BCUT2D eigenvalue weighted by molar-refractivity contribution is 4.87. The molecule has 0 unspecified atom stereocenters. The molecule has 0 aromatic rings. The fraction of sp³-hybridized carbons (Fsp3) is 1.00. The zero-order chi connectivity index (χ0) is 11.4. The van der Waals surface area contributed by atoms with Gasteiger partial charge in [0.05, 0.1) is 25.2 Å². The highest BCUT2D eigenvalue weighted by Gasteiger charge is 2.38. The van der Waals surface area contributed by atoms with Crippen molar-refractivity contribution in [2.75, 3.05) is 40.0 Å². The van der Waals surface area contributed by atoms with Crippen LogP contribution >= 0.6 is 0 Å². The lowest BCUT2D eigenvalue weighted by atomic mass is 9.86. The van der Waals surface area contributed by atoms with E-state index in [4.69, 9.17) is 4.74 Å². The van der Waals surface area contributed by atoms with E-state index < -0.39 is 0 Å². The quantitative estimate of drug-likeness (QED) is 0.746. The van der Waals surface area contributed by atoms with Crippen LogP contribution in [0.25, 0.3) is 0 Å². The van der Waals surface area contributed by atoms with E-state index in [0.29, 0.717) is 0 Å². The zero-order valence-corrected chi connectivity index (χ0v) is 10.5. The van der Waals surface area contributed by atoms with Crippen molar-refractivity contribution in [1.82, 2.24) is 4.90 Å². The first-order valence-electron chi connectivity index (χ1n) is 6.61. The second kappa shape index (κ2) is 5.48.